The number of rotatable bonds is 5. The van der Waals surface area contributed by atoms with Crippen LogP contribution in [0, 0.1) is 11.8 Å². The van der Waals surface area contributed by atoms with Gasteiger partial charge in [0.05, 0.1) is 12.7 Å². The fraction of sp³-hybridized carbons (Fsp3) is 0.524. The second-order valence-electron chi connectivity index (χ2n) is 7.55. The highest BCUT2D eigenvalue weighted by atomic mass is 16.5. The molecule has 3 saturated heterocycles. The van der Waals surface area contributed by atoms with Crippen molar-refractivity contribution in [1.29, 1.82) is 0 Å². The van der Waals surface area contributed by atoms with E-state index in [9.17, 15) is 5.11 Å². The molecule has 1 aromatic rings. The summed E-state index contributed by atoms with van der Waals surface area (Å²) in [5.41, 5.74) is 1.13. The van der Waals surface area contributed by atoms with E-state index >= 15 is 0 Å². The van der Waals surface area contributed by atoms with Crippen LogP contribution < -0.4 is 0 Å². The van der Waals surface area contributed by atoms with Gasteiger partial charge in [0.1, 0.15) is 5.60 Å². The molecule has 3 fully saturated rings. The topological polar surface area (TPSA) is 32.7 Å². The standard InChI is InChI=1S/C21H27NO2/c1-16-6-5-9-19(16)21(23,18-7-3-2-4-8-18)15-24-20-14-22-12-10-17(20)11-13-22/h2-9,17,19-20,23H,10-15H2,1H3. The van der Waals surface area contributed by atoms with Gasteiger partial charge in [-0.05, 0) is 44.3 Å². The molecule has 0 amide bonds. The van der Waals surface area contributed by atoms with Gasteiger partial charge in [-0.2, -0.15) is 0 Å². The number of nitrogens with zero attached hydrogens (tertiary/aromatic N) is 1. The van der Waals surface area contributed by atoms with E-state index in [1.54, 1.807) is 0 Å². The van der Waals surface area contributed by atoms with Gasteiger partial charge in [0, 0.05) is 12.5 Å². The molecule has 1 aromatic carbocycles. The fourth-order valence-corrected chi connectivity index (χ4v) is 4.52. The molecule has 3 nitrogen and oxygen atoms in total. The van der Waals surface area contributed by atoms with Crippen LogP contribution in [-0.2, 0) is 10.3 Å². The van der Waals surface area contributed by atoms with E-state index < -0.39 is 5.60 Å². The largest absolute Gasteiger partial charge is 0.382 e. The highest BCUT2D eigenvalue weighted by Gasteiger charge is 2.42. The molecule has 3 heterocycles. The minimum atomic E-state index is -0.999. The first-order valence-corrected chi connectivity index (χ1v) is 9.14. The predicted molar refractivity (Wildman–Crippen MR) is 95.6 cm³/mol. The van der Waals surface area contributed by atoms with Crippen molar-refractivity contribution >= 4 is 0 Å². The van der Waals surface area contributed by atoms with Gasteiger partial charge in [-0.25, -0.2) is 0 Å². The van der Waals surface area contributed by atoms with Crippen LogP contribution in [0.3, 0.4) is 0 Å². The Labute approximate surface area is 144 Å². The van der Waals surface area contributed by atoms with E-state index in [2.05, 4.69) is 24.0 Å². The lowest BCUT2D eigenvalue weighted by atomic mass is 9.79. The normalized spacial score (nSPS) is 34.2. The molecular formula is C21H27NO2. The van der Waals surface area contributed by atoms with Crippen molar-refractivity contribution < 1.29 is 9.84 Å². The van der Waals surface area contributed by atoms with Crippen molar-refractivity contribution in [2.45, 2.75) is 31.5 Å². The maximum absolute atomic E-state index is 11.6. The highest BCUT2D eigenvalue weighted by molar-refractivity contribution is 5.35. The maximum Gasteiger partial charge on any atom is 0.123 e. The summed E-state index contributed by atoms with van der Waals surface area (Å²) >= 11 is 0. The molecule has 3 atom stereocenters. The third-order valence-corrected chi connectivity index (χ3v) is 6.06. The summed E-state index contributed by atoms with van der Waals surface area (Å²) in [5.74, 6) is 0.645. The second-order valence-corrected chi connectivity index (χ2v) is 7.55. The molecule has 3 unspecified atom stereocenters. The van der Waals surface area contributed by atoms with Crippen molar-refractivity contribution in [2.75, 3.05) is 26.2 Å². The minimum absolute atomic E-state index is 0.0130. The lowest BCUT2D eigenvalue weighted by molar-refractivity contribution is -0.133. The highest BCUT2D eigenvalue weighted by Crippen LogP contribution is 2.39. The SMILES string of the molecule is CC1=CC=CC1C(O)(COC1CN2CCC1CC2)c1ccccc1. The quantitative estimate of drug-likeness (QED) is 0.903. The zero-order valence-electron chi connectivity index (χ0n) is 14.4. The predicted octanol–water partition coefficient (Wildman–Crippen LogP) is 3.12. The summed E-state index contributed by atoms with van der Waals surface area (Å²) in [6, 6.07) is 10.0. The smallest absolute Gasteiger partial charge is 0.123 e. The Morgan fingerprint density at radius 2 is 1.96 bits per heavy atom. The van der Waals surface area contributed by atoms with Crippen LogP contribution in [0.2, 0.25) is 0 Å². The molecule has 0 aromatic heterocycles. The molecule has 128 valence electrons. The number of benzene rings is 1. The summed E-state index contributed by atoms with van der Waals surface area (Å²) in [6.07, 6.45) is 8.96. The van der Waals surface area contributed by atoms with Gasteiger partial charge >= 0.3 is 0 Å². The molecule has 24 heavy (non-hydrogen) atoms. The van der Waals surface area contributed by atoms with Gasteiger partial charge in [0.25, 0.3) is 0 Å². The van der Waals surface area contributed by atoms with E-state index in [-0.39, 0.29) is 12.0 Å². The first-order valence-electron chi connectivity index (χ1n) is 9.14. The molecule has 1 aliphatic carbocycles. The number of hydrogen-bond donors (Lipinski definition) is 1. The van der Waals surface area contributed by atoms with E-state index in [0.29, 0.717) is 12.5 Å². The van der Waals surface area contributed by atoms with Crippen LogP contribution in [0.5, 0.6) is 0 Å². The molecule has 4 aliphatic rings. The summed E-state index contributed by atoms with van der Waals surface area (Å²) < 4.78 is 6.34. The van der Waals surface area contributed by atoms with Gasteiger partial charge in [0.2, 0.25) is 0 Å². The van der Waals surface area contributed by atoms with Crippen LogP contribution in [0.25, 0.3) is 0 Å². The molecule has 2 bridgehead atoms. The molecule has 3 heteroatoms. The number of hydrogen-bond acceptors (Lipinski definition) is 3. The van der Waals surface area contributed by atoms with Crippen molar-refractivity contribution in [3.8, 4) is 0 Å². The van der Waals surface area contributed by atoms with Crippen LogP contribution in [0.1, 0.15) is 25.3 Å². The van der Waals surface area contributed by atoms with Crippen LogP contribution in [0.4, 0.5) is 0 Å². The number of fused-ring (bicyclic) bond motifs is 3. The summed E-state index contributed by atoms with van der Waals surface area (Å²) in [6.45, 7) is 5.88. The lowest BCUT2D eigenvalue weighted by Crippen LogP contribution is -2.53. The monoisotopic (exact) mass is 325 g/mol. The van der Waals surface area contributed by atoms with E-state index in [0.717, 1.165) is 12.1 Å². The average molecular weight is 325 g/mol. The van der Waals surface area contributed by atoms with Crippen molar-refractivity contribution in [2.24, 2.45) is 11.8 Å². The van der Waals surface area contributed by atoms with E-state index in [4.69, 9.17) is 4.74 Å². The van der Waals surface area contributed by atoms with Gasteiger partial charge in [-0.1, -0.05) is 54.1 Å². The summed E-state index contributed by atoms with van der Waals surface area (Å²) in [4.78, 5) is 2.49. The Hall–Kier alpha value is -1.42. The van der Waals surface area contributed by atoms with E-state index in [1.807, 2.05) is 36.4 Å². The number of aliphatic hydroxyl groups is 1. The Morgan fingerprint density at radius 1 is 1.21 bits per heavy atom. The molecule has 0 radical (unpaired) electrons. The number of allylic oxidation sites excluding steroid dienone is 2. The molecule has 5 rings (SSSR count). The fourth-order valence-electron chi connectivity index (χ4n) is 4.52. The first-order chi connectivity index (χ1) is 11.7. The van der Waals surface area contributed by atoms with Gasteiger partial charge in [0.15, 0.2) is 0 Å². The molecule has 0 spiro atoms. The number of ether oxygens (including phenoxy) is 1. The Bertz CT molecular complexity index is 630. The summed E-state index contributed by atoms with van der Waals surface area (Å²) in [7, 11) is 0. The van der Waals surface area contributed by atoms with E-state index in [1.165, 1.54) is 31.5 Å². The summed E-state index contributed by atoms with van der Waals surface area (Å²) in [5, 5.41) is 11.6. The first kappa shape index (κ1) is 16.1. The van der Waals surface area contributed by atoms with Crippen molar-refractivity contribution in [3.63, 3.8) is 0 Å². The Morgan fingerprint density at radius 3 is 2.54 bits per heavy atom. The minimum Gasteiger partial charge on any atom is -0.382 e. The Balaban J connectivity index is 1.55. The Kier molecular flexibility index (Phi) is 4.33. The average Bonchev–Trinajstić information content (AvgIpc) is 3.08. The van der Waals surface area contributed by atoms with Crippen molar-refractivity contribution in [1.82, 2.24) is 4.90 Å². The van der Waals surface area contributed by atoms with Gasteiger partial charge in [-0.3, -0.25) is 0 Å². The van der Waals surface area contributed by atoms with Gasteiger partial charge < -0.3 is 14.7 Å². The second kappa shape index (κ2) is 6.47. The maximum atomic E-state index is 11.6. The third kappa shape index (κ3) is 2.85. The molecule has 3 aliphatic heterocycles. The van der Waals surface area contributed by atoms with Crippen molar-refractivity contribution in [3.05, 3.63) is 59.7 Å². The zero-order valence-corrected chi connectivity index (χ0v) is 14.4. The van der Waals surface area contributed by atoms with Crippen LogP contribution >= 0.6 is 0 Å². The molecule has 1 N–H and O–H groups in total. The third-order valence-electron chi connectivity index (χ3n) is 6.06. The lowest BCUT2D eigenvalue weighted by Gasteiger charge is -2.45. The van der Waals surface area contributed by atoms with Gasteiger partial charge in [-0.15, -0.1) is 0 Å². The number of piperidine rings is 3. The molecular weight excluding hydrogens is 298 g/mol. The van der Waals surface area contributed by atoms with Crippen LogP contribution in [-0.4, -0.2) is 42.4 Å². The zero-order chi connectivity index (χ0) is 16.6. The van der Waals surface area contributed by atoms with Crippen LogP contribution in [0.15, 0.2) is 54.1 Å². The molecule has 0 saturated carbocycles.